The summed E-state index contributed by atoms with van der Waals surface area (Å²) in [6.45, 7) is 4.05. The summed E-state index contributed by atoms with van der Waals surface area (Å²) in [5.41, 5.74) is 2.06. The second-order valence-corrected chi connectivity index (χ2v) is 7.09. The van der Waals surface area contributed by atoms with Gasteiger partial charge in [-0.3, -0.25) is 0 Å². The summed E-state index contributed by atoms with van der Waals surface area (Å²) >= 11 is 2.19. The number of rotatable bonds is 7. The zero-order chi connectivity index (χ0) is 20.0. The second kappa shape index (κ2) is 9.42. The van der Waals surface area contributed by atoms with E-state index in [1.807, 2.05) is 19.1 Å². The normalized spacial score (nSPS) is 12.2. The summed E-state index contributed by atoms with van der Waals surface area (Å²) in [4.78, 5) is 11.0. The summed E-state index contributed by atoms with van der Waals surface area (Å²) < 4.78 is 12.3. The number of ether oxygens (including phenoxy) is 2. The molecule has 1 N–H and O–H groups in total. The fraction of sp³-hybridized carbons (Fsp3) is 0.238. The topological polar surface area (TPSA) is 79.5 Å². The Morgan fingerprint density at radius 2 is 1.93 bits per heavy atom. The van der Waals surface area contributed by atoms with Crippen molar-refractivity contribution in [3.8, 4) is 17.6 Å². The number of hydrogen-bond acceptors (Lipinski definition) is 4. The summed E-state index contributed by atoms with van der Waals surface area (Å²) in [6, 6.07) is 12.1. The van der Waals surface area contributed by atoms with Crippen LogP contribution < -0.4 is 9.47 Å². The van der Waals surface area contributed by atoms with Crippen molar-refractivity contribution in [1.82, 2.24) is 0 Å². The summed E-state index contributed by atoms with van der Waals surface area (Å²) in [5.74, 6) is 0.293. The van der Waals surface area contributed by atoms with E-state index in [2.05, 4.69) is 35.6 Å². The number of nitriles is 1. The first-order valence-corrected chi connectivity index (χ1v) is 9.47. The van der Waals surface area contributed by atoms with Crippen LogP contribution in [0.25, 0.3) is 11.6 Å². The van der Waals surface area contributed by atoms with E-state index >= 15 is 0 Å². The zero-order valence-electron chi connectivity index (χ0n) is 15.3. The van der Waals surface area contributed by atoms with E-state index in [9.17, 15) is 10.1 Å². The van der Waals surface area contributed by atoms with Crippen molar-refractivity contribution < 1.29 is 19.4 Å². The van der Waals surface area contributed by atoms with E-state index in [0.29, 0.717) is 22.6 Å². The maximum atomic E-state index is 11.0. The molecular formula is C21H20INO4. The first-order valence-electron chi connectivity index (χ1n) is 8.39. The highest BCUT2D eigenvalue weighted by molar-refractivity contribution is 14.1. The lowest BCUT2D eigenvalue weighted by molar-refractivity contribution is 0.0697. The van der Waals surface area contributed by atoms with E-state index in [1.54, 1.807) is 25.3 Å². The molecule has 0 radical (unpaired) electrons. The van der Waals surface area contributed by atoms with Gasteiger partial charge in [-0.25, -0.2) is 4.79 Å². The minimum Gasteiger partial charge on any atom is -0.493 e. The van der Waals surface area contributed by atoms with Gasteiger partial charge in [0.2, 0.25) is 0 Å². The Morgan fingerprint density at radius 1 is 1.30 bits per heavy atom. The number of carbonyl (C=O) groups is 1. The number of aromatic carboxylic acids is 1. The Kier molecular flexibility index (Phi) is 7.25. The van der Waals surface area contributed by atoms with Gasteiger partial charge in [0, 0.05) is 0 Å². The SMILES string of the molecule is CC[C@@H](C)Oc1c(I)cc(/C=C(/C#N)c2ccc(C(=O)O)cc2)cc1OC. The molecule has 0 aliphatic carbocycles. The number of allylic oxidation sites excluding steroid dienone is 1. The van der Waals surface area contributed by atoms with E-state index in [4.69, 9.17) is 14.6 Å². The molecule has 2 aromatic carbocycles. The molecule has 0 heterocycles. The predicted molar refractivity (Wildman–Crippen MR) is 113 cm³/mol. The molecule has 0 saturated heterocycles. The van der Waals surface area contributed by atoms with Crippen molar-refractivity contribution in [2.75, 3.05) is 7.11 Å². The lowest BCUT2D eigenvalue weighted by Crippen LogP contribution is -2.11. The van der Waals surface area contributed by atoms with Gasteiger partial charge in [0.25, 0.3) is 0 Å². The first-order chi connectivity index (χ1) is 12.9. The zero-order valence-corrected chi connectivity index (χ0v) is 17.5. The number of carboxylic acid groups (broad SMARTS) is 1. The van der Waals surface area contributed by atoms with E-state index in [0.717, 1.165) is 15.6 Å². The molecule has 6 heteroatoms. The smallest absolute Gasteiger partial charge is 0.335 e. The van der Waals surface area contributed by atoms with Crippen LogP contribution in [0.4, 0.5) is 0 Å². The van der Waals surface area contributed by atoms with Gasteiger partial charge in [-0.15, -0.1) is 0 Å². The highest BCUT2D eigenvalue weighted by atomic mass is 127. The van der Waals surface area contributed by atoms with Crippen molar-refractivity contribution >= 4 is 40.2 Å². The third-order valence-electron chi connectivity index (χ3n) is 4.02. The van der Waals surface area contributed by atoms with Crippen LogP contribution >= 0.6 is 22.6 Å². The van der Waals surface area contributed by atoms with Crippen LogP contribution in [0.15, 0.2) is 36.4 Å². The molecule has 0 amide bonds. The largest absolute Gasteiger partial charge is 0.493 e. The van der Waals surface area contributed by atoms with Crippen molar-refractivity contribution in [1.29, 1.82) is 5.26 Å². The van der Waals surface area contributed by atoms with Gasteiger partial charge in [-0.1, -0.05) is 19.1 Å². The van der Waals surface area contributed by atoms with Gasteiger partial charge in [0.05, 0.1) is 34.0 Å². The van der Waals surface area contributed by atoms with Gasteiger partial charge < -0.3 is 14.6 Å². The Labute approximate surface area is 172 Å². The molecule has 0 fully saturated rings. The second-order valence-electron chi connectivity index (χ2n) is 5.92. The molecule has 0 saturated carbocycles. The number of hydrogen-bond donors (Lipinski definition) is 1. The van der Waals surface area contributed by atoms with E-state index in [-0.39, 0.29) is 11.7 Å². The molecular weight excluding hydrogens is 457 g/mol. The Balaban J connectivity index is 2.42. The molecule has 0 aliphatic heterocycles. The summed E-state index contributed by atoms with van der Waals surface area (Å²) in [6.07, 6.45) is 2.69. The molecule has 0 bridgehead atoms. The predicted octanol–water partition coefficient (Wildman–Crippen LogP) is 5.24. The average Bonchev–Trinajstić information content (AvgIpc) is 2.67. The van der Waals surface area contributed by atoms with Gasteiger partial charge in [0.1, 0.15) is 0 Å². The van der Waals surface area contributed by atoms with Gasteiger partial charge in [-0.2, -0.15) is 5.26 Å². The molecule has 1 atom stereocenters. The van der Waals surface area contributed by atoms with Crippen molar-refractivity contribution in [2.45, 2.75) is 26.4 Å². The third-order valence-corrected chi connectivity index (χ3v) is 4.82. The number of benzene rings is 2. The fourth-order valence-corrected chi connectivity index (χ4v) is 3.11. The number of methoxy groups -OCH3 is 1. The average molecular weight is 477 g/mol. The van der Waals surface area contributed by atoms with Crippen molar-refractivity contribution in [2.24, 2.45) is 0 Å². The highest BCUT2D eigenvalue weighted by Crippen LogP contribution is 2.36. The Bertz CT molecular complexity index is 898. The van der Waals surface area contributed by atoms with E-state index in [1.165, 1.54) is 12.1 Å². The van der Waals surface area contributed by atoms with Crippen LogP contribution in [-0.2, 0) is 0 Å². The summed E-state index contributed by atoms with van der Waals surface area (Å²) in [5, 5.41) is 18.5. The van der Waals surface area contributed by atoms with Crippen LogP contribution in [-0.4, -0.2) is 24.3 Å². The molecule has 140 valence electrons. The van der Waals surface area contributed by atoms with Crippen LogP contribution in [0.3, 0.4) is 0 Å². The van der Waals surface area contributed by atoms with Crippen LogP contribution in [0.1, 0.15) is 41.8 Å². The summed E-state index contributed by atoms with van der Waals surface area (Å²) in [7, 11) is 1.58. The molecule has 2 aromatic rings. The molecule has 5 nitrogen and oxygen atoms in total. The fourth-order valence-electron chi connectivity index (χ4n) is 2.36. The molecule has 0 spiro atoms. The Hall–Kier alpha value is -2.53. The number of carboxylic acids is 1. The first kappa shape index (κ1) is 20.8. The Morgan fingerprint density at radius 3 is 2.44 bits per heavy atom. The maximum absolute atomic E-state index is 11.0. The highest BCUT2D eigenvalue weighted by Gasteiger charge is 2.14. The molecule has 0 unspecified atom stereocenters. The number of halogens is 1. The van der Waals surface area contributed by atoms with Gasteiger partial charge in [-0.05, 0) is 77.4 Å². The lowest BCUT2D eigenvalue weighted by Gasteiger charge is -2.17. The van der Waals surface area contributed by atoms with E-state index < -0.39 is 5.97 Å². The van der Waals surface area contributed by atoms with Crippen LogP contribution in [0, 0.1) is 14.9 Å². The molecule has 2 rings (SSSR count). The maximum Gasteiger partial charge on any atom is 0.335 e. The van der Waals surface area contributed by atoms with Gasteiger partial charge >= 0.3 is 5.97 Å². The van der Waals surface area contributed by atoms with Crippen molar-refractivity contribution in [3.05, 3.63) is 56.7 Å². The quantitative estimate of drug-likeness (QED) is 0.335. The molecule has 0 aromatic heterocycles. The minimum absolute atomic E-state index is 0.0660. The third kappa shape index (κ3) is 5.23. The monoisotopic (exact) mass is 477 g/mol. The molecule has 0 aliphatic rings. The lowest BCUT2D eigenvalue weighted by atomic mass is 10.0. The van der Waals surface area contributed by atoms with Gasteiger partial charge in [0.15, 0.2) is 11.5 Å². The van der Waals surface area contributed by atoms with Crippen molar-refractivity contribution in [3.63, 3.8) is 0 Å². The van der Waals surface area contributed by atoms with Crippen LogP contribution in [0.2, 0.25) is 0 Å². The molecule has 27 heavy (non-hydrogen) atoms. The van der Waals surface area contributed by atoms with Crippen LogP contribution in [0.5, 0.6) is 11.5 Å². The number of nitrogens with zero attached hydrogens (tertiary/aromatic N) is 1. The standard InChI is InChI=1S/C21H20INO4/c1-4-13(2)27-20-18(22)10-14(11-19(20)26-3)9-17(12-23)15-5-7-16(8-6-15)21(24)25/h5-11,13H,4H2,1-3H3,(H,24,25)/b17-9-/t13-/m1/s1. The minimum atomic E-state index is -1.000.